The normalized spacial score (nSPS) is 12.5. The Morgan fingerprint density at radius 1 is 0.425 bits per heavy atom. The second kappa shape index (κ2) is 9.03. The van der Waals surface area contributed by atoms with E-state index in [1.807, 2.05) is 0 Å². The van der Waals surface area contributed by atoms with Crippen LogP contribution in [-0.4, -0.2) is 18.4 Å². The maximum Gasteiger partial charge on any atom is 0.332 e. The molecular weight excluding hydrogens is 483 g/mol. The van der Waals surface area contributed by atoms with Gasteiger partial charge in [-0.05, 0) is 34.2 Å². The van der Waals surface area contributed by atoms with Crippen molar-refractivity contribution in [3.63, 3.8) is 0 Å². The second-order valence-corrected chi connectivity index (χ2v) is 10.6. The summed E-state index contributed by atoms with van der Waals surface area (Å²) in [5, 5.41) is 2.56. The molecule has 0 radical (unpaired) electrons. The minimum absolute atomic E-state index is 0.0123. The third-order valence-electron chi connectivity index (χ3n) is 8.46. The molecule has 188 valence electrons. The zero-order chi connectivity index (χ0) is 26.6. The Kier molecular flexibility index (Phi) is 5.18. The molecule has 1 aliphatic rings. The van der Waals surface area contributed by atoms with Gasteiger partial charge in [0, 0.05) is 51.4 Å². The fourth-order valence-electron chi connectivity index (χ4n) is 6.74. The number of hydrogen-bond acceptors (Lipinski definition) is 1. The smallest absolute Gasteiger partial charge is 0.332 e. The van der Waals surface area contributed by atoms with E-state index in [2.05, 4.69) is 162 Å². The minimum Gasteiger partial charge on any atom is -0.375 e. The van der Waals surface area contributed by atoms with Crippen LogP contribution in [0, 0.1) is 0 Å². The highest BCUT2D eigenvalue weighted by molar-refractivity contribution is 6.88. The number of nitrogens with zero attached hydrogens (tertiary/aromatic N) is 2. The van der Waals surface area contributed by atoms with Gasteiger partial charge >= 0.3 is 6.85 Å². The summed E-state index contributed by atoms with van der Waals surface area (Å²) in [7, 11) is 2.19. The van der Waals surface area contributed by atoms with E-state index in [4.69, 9.17) is 0 Å². The van der Waals surface area contributed by atoms with Crippen LogP contribution in [0.15, 0.2) is 146 Å². The molecule has 0 N–H and O–H groups in total. The first kappa shape index (κ1) is 22.9. The van der Waals surface area contributed by atoms with Crippen LogP contribution in [0.25, 0.3) is 44.1 Å². The maximum atomic E-state index is 2.64. The molecule has 8 rings (SSSR count). The van der Waals surface area contributed by atoms with Crippen LogP contribution >= 0.6 is 0 Å². The van der Waals surface area contributed by atoms with Crippen molar-refractivity contribution in [1.82, 2.24) is 4.48 Å². The predicted molar refractivity (Wildman–Crippen MR) is 172 cm³/mol. The molecule has 6 aromatic carbocycles. The molecular formula is C37H27BN2. The maximum absolute atomic E-state index is 2.64. The monoisotopic (exact) mass is 510 g/mol. The van der Waals surface area contributed by atoms with Gasteiger partial charge in [-0.3, -0.25) is 0 Å². The molecule has 0 spiro atoms. The van der Waals surface area contributed by atoms with Crippen LogP contribution in [0.2, 0.25) is 0 Å². The van der Waals surface area contributed by atoms with Crippen LogP contribution < -0.4 is 15.8 Å². The van der Waals surface area contributed by atoms with Crippen LogP contribution in [0.4, 0.5) is 11.4 Å². The number of anilines is 2. The van der Waals surface area contributed by atoms with Crippen LogP contribution in [0.1, 0.15) is 0 Å². The van der Waals surface area contributed by atoms with E-state index in [1.165, 1.54) is 66.4 Å². The van der Waals surface area contributed by atoms with Gasteiger partial charge in [0.15, 0.2) is 0 Å². The van der Waals surface area contributed by atoms with Crippen molar-refractivity contribution in [3.8, 4) is 22.3 Å². The molecule has 40 heavy (non-hydrogen) atoms. The van der Waals surface area contributed by atoms with E-state index in [0.717, 1.165) is 0 Å². The summed E-state index contributed by atoms with van der Waals surface area (Å²) in [4.78, 5) is 2.34. The average Bonchev–Trinajstić information content (AvgIpc) is 3.37. The summed E-state index contributed by atoms with van der Waals surface area (Å²) in [6.07, 6.45) is 0. The SMILES string of the molecule is CN1c2ccccc2B(n2c3c(-c4ccccc4)cccc3c3cccc(-c4ccccc4)c32)c2ccccc21. The van der Waals surface area contributed by atoms with Gasteiger partial charge in [-0.15, -0.1) is 0 Å². The number of fused-ring (bicyclic) bond motifs is 5. The topological polar surface area (TPSA) is 8.17 Å². The molecule has 0 atom stereocenters. The third-order valence-corrected chi connectivity index (χ3v) is 8.46. The van der Waals surface area contributed by atoms with Crippen molar-refractivity contribution in [1.29, 1.82) is 0 Å². The first-order chi connectivity index (χ1) is 19.8. The van der Waals surface area contributed by atoms with Crippen molar-refractivity contribution in [2.75, 3.05) is 11.9 Å². The van der Waals surface area contributed by atoms with Crippen molar-refractivity contribution >= 4 is 51.0 Å². The fourth-order valence-corrected chi connectivity index (χ4v) is 6.74. The molecule has 0 unspecified atom stereocenters. The predicted octanol–water partition coefficient (Wildman–Crippen LogP) is 7.86. The Balaban J connectivity index is 1.59. The van der Waals surface area contributed by atoms with E-state index in [-0.39, 0.29) is 6.85 Å². The van der Waals surface area contributed by atoms with E-state index < -0.39 is 0 Å². The molecule has 2 heterocycles. The Morgan fingerprint density at radius 3 is 1.32 bits per heavy atom. The highest BCUT2D eigenvalue weighted by Crippen LogP contribution is 2.41. The lowest BCUT2D eigenvalue weighted by Crippen LogP contribution is -2.54. The van der Waals surface area contributed by atoms with Gasteiger partial charge in [-0.2, -0.15) is 0 Å². The Labute approximate surface area is 234 Å². The van der Waals surface area contributed by atoms with Gasteiger partial charge in [-0.25, -0.2) is 0 Å². The first-order valence-corrected chi connectivity index (χ1v) is 13.9. The summed E-state index contributed by atoms with van der Waals surface area (Å²) >= 11 is 0. The van der Waals surface area contributed by atoms with Gasteiger partial charge in [0.1, 0.15) is 0 Å². The number of hydrogen-bond donors (Lipinski definition) is 0. The molecule has 0 aliphatic carbocycles. The minimum atomic E-state index is 0.0123. The summed E-state index contributed by atoms with van der Waals surface area (Å²) in [6, 6.07) is 53.0. The molecule has 0 amide bonds. The Morgan fingerprint density at radius 2 is 0.850 bits per heavy atom. The molecule has 7 aromatic rings. The van der Waals surface area contributed by atoms with E-state index in [9.17, 15) is 0 Å². The largest absolute Gasteiger partial charge is 0.375 e. The third kappa shape index (κ3) is 3.31. The first-order valence-electron chi connectivity index (χ1n) is 13.9. The van der Waals surface area contributed by atoms with Gasteiger partial charge in [-0.1, -0.05) is 133 Å². The van der Waals surface area contributed by atoms with E-state index >= 15 is 0 Å². The zero-order valence-electron chi connectivity index (χ0n) is 22.3. The number of benzene rings is 6. The highest BCUT2D eigenvalue weighted by Gasteiger charge is 2.36. The molecule has 3 heteroatoms. The number of rotatable bonds is 3. The average molecular weight is 510 g/mol. The highest BCUT2D eigenvalue weighted by atomic mass is 15.1. The van der Waals surface area contributed by atoms with Crippen LogP contribution in [0.3, 0.4) is 0 Å². The lowest BCUT2D eigenvalue weighted by Gasteiger charge is -2.35. The summed E-state index contributed by atoms with van der Waals surface area (Å²) in [6.45, 7) is 0.0123. The van der Waals surface area contributed by atoms with Crippen molar-refractivity contribution < 1.29 is 0 Å². The van der Waals surface area contributed by atoms with Gasteiger partial charge < -0.3 is 9.38 Å². The molecule has 1 aromatic heterocycles. The number of aromatic nitrogens is 1. The van der Waals surface area contributed by atoms with Gasteiger partial charge in [0.2, 0.25) is 0 Å². The summed E-state index contributed by atoms with van der Waals surface area (Å²) in [5.74, 6) is 0. The number of para-hydroxylation sites is 4. The van der Waals surface area contributed by atoms with Gasteiger partial charge in [0.25, 0.3) is 0 Å². The van der Waals surface area contributed by atoms with Crippen molar-refractivity contribution in [2.24, 2.45) is 0 Å². The second-order valence-electron chi connectivity index (χ2n) is 10.6. The molecule has 1 aliphatic heterocycles. The molecule has 2 nitrogen and oxygen atoms in total. The quantitative estimate of drug-likeness (QED) is 0.220. The van der Waals surface area contributed by atoms with Crippen molar-refractivity contribution in [3.05, 3.63) is 146 Å². The van der Waals surface area contributed by atoms with E-state index in [0.29, 0.717) is 0 Å². The Bertz CT molecular complexity index is 1880. The van der Waals surface area contributed by atoms with Crippen LogP contribution in [-0.2, 0) is 0 Å². The molecule has 0 bridgehead atoms. The Hall–Kier alpha value is -5.02. The van der Waals surface area contributed by atoms with Gasteiger partial charge in [0.05, 0.1) is 0 Å². The lowest BCUT2D eigenvalue weighted by molar-refractivity contribution is 1.20. The standard InChI is InChI=1S/C37H27BN2/c1-39-34-24-10-8-22-32(34)38(33-23-9-11-25-35(33)39)40-36-28(26-14-4-2-5-15-26)18-12-20-30(36)31-21-13-19-29(37(31)40)27-16-6-3-7-17-27/h2-25H,1H3. The fraction of sp³-hybridized carbons (Fsp3) is 0.0270. The van der Waals surface area contributed by atoms with Crippen molar-refractivity contribution in [2.45, 2.75) is 0 Å². The molecule has 0 saturated carbocycles. The summed E-state index contributed by atoms with van der Waals surface area (Å²) in [5.41, 5.74) is 12.6. The molecule has 0 saturated heterocycles. The van der Waals surface area contributed by atoms with Crippen LogP contribution in [0.5, 0.6) is 0 Å². The van der Waals surface area contributed by atoms with E-state index in [1.54, 1.807) is 0 Å². The lowest BCUT2D eigenvalue weighted by atomic mass is 9.47. The summed E-state index contributed by atoms with van der Waals surface area (Å²) < 4.78 is 2.64. The molecule has 0 fully saturated rings. The zero-order valence-corrected chi connectivity index (χ0v) is 22.3.